The van der Waals surface area contributed by atoms with E-state index in [0.717, 1.165) is 19.0 Å². The summed E-state index contributed by atoms with van der Waals surface area (Å²) < 4.78 is 0. The normalized spacial score (nSPS) is 23.1. The smallest absolute Gasteiger partial charge is 0.0443 e. The molecule has 2 nitrogen and oxygen atoms in total. The van der Waals surface area contributed by atoms with Gasteiger partial charge in [-0.2, -0.15) is 0 Å². The van der Waals surface area contributed by atoms with Crippen molar-refractivity contribution in [1.29, 1.82) is 0 Å². The van der Waals surface area contributed by atoms with Gasteiger partial charge in [0.15, 0.2) is 0 Å². The van der Waals surface area contributed by atoms with Crippen LogP contribution in [0.1, 0.15) is 49.3 Å². The van der Waals surface area contributed by atoms with Crippen LogP contribution in [0.3, 0.4) is 0 Å². The van der Waals surface area contributed by atoms with Crippen LogP contribution in [0.4, 0.5) is 0 Å². The summed E-state index contributed by atoms with van der Waals surface area (Å²) in [5.74, 6) is 0. The van der Waals surface area contributed by atoms with Gasteiger partial charge in [-0.3, -0.25) is 4.90 Å². The summed E-state index contributed by atoms with van der Waals surface area (Å²) in [5.41, 5.74) is 3.09. The first kappa shape index (κ1) is 12.2. The van der Waals surface area contributed by atoms with Crippen molar-refractivity contribution in [2.24, 2.45) is 0 Å². The average molecular weight is 245 g/mol. The number of aliphatic hydroxyl groups excluding tert-OH is 1. The fourth-order valence-electron chi connectivity index (χ4n) is 3.33. The van der Waals surface area contributed by atoms with Crippen LogP contribution in [0.25, 0.3) is 0 Å². The number of rotatable bonds is 5. The highest BCUT2D eigenvalue weighted by Gasteiger charge is 2.35. The molecule has 0 bridgehead atoms. The van der Waals surface area contributed by atoms with Crippen LogP contribution in [0.2, 0.25) is 0 Å². The van der Waals surface area contributed by atoms with Crippen molar-refractivity contribution < 1.29 is 5.11 Å². The van der Waals surface area contributed by atoms with Crippen molar-refractivity contribution >= 4 is 0 Å². The minimum atomic E-state index is 0.317. The molecule has 1 saturated carbocycles. The lowest BCUT2D eigenvalue weighted by Gasteiger charge is -2.36. The second-order valence-corrected chi connectivity index (χ2v) is 5.65. The molecule has 1 aromatic rings. The molecule has 0 aliphatic heterocycles. The van der Waals surface area contributed by atoms with Crippen LogP contribution in [0.5, 0.6) is 0 Å². The summed E-state index contributed by atoms with van der Waals surface area (Å²) in [5, 5.41) is 9.08. The van der Waals surface area contributed by atoms with Crippen molar-refractivity contribution in [1.82, 2.24) is 4.90 Å². The van der Waals surface area contributed by atoms with E-state index in [1.54, 1.807) is 11.1 Å². The largest absolute Gasteiger partial charge is 0.396 e. The van der Waals surface area contributed by atoms with Crippen molar-refractivity contribution in [2.45, 2.75) is 50.6 Å². The molecule has 0 amide bonds. The molecular weight excluding hydrogens is 222 g/mol. The van der Waals surface area contributed by atoms with Crippen molar-refractivity contribution in [3.63, 3.8) is 0 Å². The molecule has 0 heterocycles. The molecule has 1 fully saturated rings. The van der Waals surface area contributed by atoms with Crippen LogP contribution in [0, 0.1) is 0 Å². The van der Waals surface area contributed by atoms with Gasteiger partial charge in [-0.1, -0.05) is 24.3 Å². The summed E-state index contributed by atoms with van der Waals surface area (Å²) in [6.45, 7) is 1.37. The Kier molecular flexibility index (Phi) is 3.67. The third-order valence-corrected chi connectivity index (χ3v) is 4.33. The summed E-state index contributed by atoms with van der Waals surface area (Å²) in [6.07, 6.45) is 7.46. The summed E-state index contributed by atoms with van der Waals surface area (Å²) in [6, 6.07) is 10.3. The molecule has 2 aliphatic carbocycles. The third-order valence-electron chi connectivity index (χ3n) is 4.33. The van der Waals surface area contributed by atoms with E-state index < -0.39 is 0 Å². The second-order valence-electron chi connectivity index (χ2n) is 5.65. The molecule has 1 unspecified atom stereocenters. The minimum Gasteiger partial charge on any atom is -0.396 e. The number of hydrogen-bond acceptors (Lipinski definition) is 2. The van der Waals surface area contributed by atoms with Crippen molar-refractivity contribution in [2.75, 3.05) is 13.2 Å². The van der Waals surface area contributed by atoms with Gasteiger partial charge < -0.3 is 5.11 Å². The van der Waals surface area contributed by atoms with Gasteiger partial charge in [-0.05, 0) is 49.7 Å². The Morgan fingerprint density at radius 1 is 1.17 bits per heavy atom. The number of fused-ring (bicyclic) bond motifs is 1. The molecule has 0 spiro atoms. The maximum atomic E-state index is 9.08. The number of hydrogen-bond donors (Lipinski definition) is 1. The zero-order valence-electron chi connectivity index (χ0n) is 11.0. The van der Waals surface area contributed by atoms with E-state index in [2.05, 4.69) is 29.2 Å². The molecule has 3 rings (SSSR count). The highest BCUT2D eigenvalue weighted by molar-refractivity contribution is 5.32. The van der Waals surface area contributed by atoms with Gasteiger partial charge in [0, 0.05) is 25.2 Å². The molecule has 2 aliphatic rings. The Bertz CT molecular complexity index is 400. The molecule has 18 heavy (non-hydrogen) atoms. The van der Waals surface area contributed by atoms with E-state index in [1.165, 1.54) is 32.1 Å². The van der Waals surface area contributed by atoms with E-state index in [1.807, 2.05) is 0 Å². The quantitative estimate of drug-likeness (QED) is 0.862. The highest BCUT2D eigenvalue weighted by atomic mass is 16.3. The van der Waals surface area contributed by atoms with Crippen LogP contribution >= 0.6 is 0 Å². The first-order chi connectivity index (χ1) is 8.90. The molecule has 0 aromatic heterocycles. The Morgan fingerprint density at radius 3 is 2.78 bits per heavy atom. The van der Waals surface area contributed by atoms with Gasteiger partial charge in [0.1, 0.15) is 0 Å². The summed E-state index contributed by atoms with van der Waals surface area (Å²) in [7, 11) is 0. The van der Waals surface area contributed by atoms with E-state index in [4.69, 9.17) is 5.11 Å². The van der Waals surface area contributed by atoms with Crippen molar-refractivity contribution in [3.05, 3.63) is 35.4 Å². The first-order valence-corrected chi connectivity index (χ1v) is 7.34. The maximum Gasteiger partial charge on any atom is 0.0443 e. The lowest BCUT2D eigenvalue weighted by Crippen LogP contribution is -2.34. The van der Waals surface area contributed by atoms with Crippen LogP contribution in [-0.2, 0) is 6.42 Å². The highest BCUT2D eigenvalue weighted by Crippen LogP contribution is 2.40. The van der Waals surface area contributed by atoms with E-state index in [-0.39, 0.29) is 0 Å². The predicted molar refractivity (Wildman–Crippen MR) is 73.6 cm³/mol. The Morgan fingerprint density at radius 2 is 2.00 bits per heavy atom. The monoisotopic (exact) mass is 245 g/mol. The fourth-order valence-corrected chi connectivity index (χ4v) is 3.33. The van der Waals surface area contributed by atoms with Gasteiger partial charge in [0.25, 0.3) is 0 Å². The topological polar surface area (TPSA) is 23.5 Å². The molecule has 2 heteroatoms. The maximum absolute atomic E-state index is 9.08. The van der Waals surface area contributed by atoms with Gasteiger partial charge >= 0.3 is 0 Å². The average Bonchev–Trinajstić information content (AvgIpc) is 3.24. The molecule has 1 atom stereocenters. The Labute approximate surface area is 110 Å². The molecule has 98 valence electrons. The second kappa shape index (κ2) is 5.41. The molecule has 0 radical (unpaired) electrons. The number of benzene rings is 1. The van der Waals surface area contributed by atoms with Crippen LogP contribution < -0.4 is 0 Å². The van der Waals surface area contributed by atoms with E-state index >= 15 is 0 Å². The minimum absolute atomic E-state index is 0.317. The van der Waals surface area contributed by atoms with Crippen LogP contribution in [0.15, 0.2) is 24.3 Å². The number of aliphatic hydroxyl groups is 1. The lowest BCUT2D eigenvalue weighted by molar-refractivity contribution is 0.151. The van der Waals surface area contributed by atoms with Gasteiger partial charge in [-0.25, -0.2) is 0 Å². The zero-order chi connectivity index (χ0) is 12.4. The van der Waals surface area contributed by atoms with Crippen LogP contribution in [-0.4, -0.2) is 29.2 Å². The molecule has 1 N–H and O–H groups in total. The fraction of sp³-hybridized carbons (Fsp3) is 0.625. The zero-order valence-corrected chi connectivity index (χ0v) is 11.0. The summed E-state index contributed by atoms with van der Waals surface area (Å²) in [4.78, 5) is 2.66. The third kappa shape index (κ3) is 2.45. The van der Waals surface area contributed by atoms with Gasteiger partial charge in [0.2, 0.25) is 0 Å². The molecule has 1 aromatic carbocycles. The number of nitrogens with zero attached hydrogens (tertiary/aromatic N) is 1. The lowest BCUT2D eigenvalue weighted by atomic mass is 9.86. The number of aryl methyl sites for hydroxylation is 1. The van der Waals surface area contributed by atoms with Gasteiger partial charge in [0.05, 0.1) is 0 Å². The summed E-state index contributed by atoms with van der Waals surface area (Å²) >= 11 is 0. The van der Waals surface area contributed by atoms with Gasteiger partial charge in [-0.15, -0.1) is 0 Å². The standard InChI is InChI=1S/C16H23NO/c18-12-4-11-17(14-9-10-14)16-8-3-6-13-5-1-2-7-15(13)16/h1-2,5,7,14,16,18H,3-4,6,8-12H2. The molecular formula is C16H23NO. The van der Waals surface area contributed by atoms with E-state index in [0.29, 0.717) is 12.6 Å². The SMILES string of the molecule is OCCCN(C1CC1)C1CCCc2ccccc21. The Balaban J connectivity index is 1.81. The predicted octanol–water partition coefficient (Wildman–Crippen LogP) is 2.91. The molecule has 0 saturated heterocycles. The Hall–Kier alpha value is -0.860. The van der Waals surface area contributed by atoms with Crippen molar-refractivity contribution in [3.8, 4) is 0 Å². The van der Waals surface area contributed by atoms with E-state index in [9.17, 15) is 0 Å². The first-order valence-electron chi connectivity index (χ1n) is 7.34.